The number of aliphatic carboxylic acids is 2. The molecule has 0 saturated carbocycles. The van der Waals surface area contributed by atoms with Crippen LogP contribution in [0.4, 0.5) is 0 Å². The molecule has 36 heavy (non-hydrogen) atoms. The topological polar surface area (TPSA) is 104 Å². The maximum absolute atomic E-state index is 10.4. The first-order valence-electron chi connectivity index (χ1n) is 14.2. The smallest absolute Gasteiger partial charge is 0.329 e. The van der Waals surface area contributed by atoms with E-state index < -0.39 is 11.9 Å². The van der Waals surface area contributed by atoms with Crippen molar-refractivity contribution in [2.45, 2.75) is 129 Å². The lowest BCUT2D eigenvalue weighted by Gasteiger charge is -2.03. The monoisotopic (exact) mass is 510 g/mol. The number of unbranched alkanes of at least 4 members (excludes halogenated alkanes) is 16. The largest absolute Gasteiger partial charge is 0.508 e. The number of carbonyl (C=O) groups is 2. The van der Waals surface area contributed by atoms with E-state index in [1.165, 1.54) is 96.3 Å². The molecule has 0 aliphatic rings. The lowest BCUT2D eigenvalue weighted by molar-refractivity contribution is -0.142. The van der Waals surface area contributed by atoms with Gasteiger partial charge in [0, 0.05) is 13.0 Å². The van der Waals surface area contributed by atoms with Gasteiger partial charge in [-0.3, -0.25) is 4.79 Å². The maximum atomic E-state index is 10.4. The van der Waals surface area contributed by atoms with Crippen molar-refractivity contribution >= 4 is 11.9 Å². The van der Waals surface area contributed by atoms with Gasteiger partial charge >= 0.3 is 11.9 Å². The number of hydrogen-bond donors (Lipinski definition) is 3. The van der Waals surface area contributed by atoms with Gasteiger partial charge in [0.15, 0.2) is 0 Å². The molecule has 0 heterocycles. The van der Waals surface area contributed by atoms with E-state index in [1.807, 2.05) is 6.07 Å². The van der Waals surface area contributed by atoms with Crippen molar-refractivity contribution < 1.29 is 29.6 Å². The Hall–Kier alpha value is -2.08. The van der Waals surface area contributed by atoms with Crippen LogP contribution in [-0.2, 0) is 14.3 Å². The third kappa shape index (κ3) is 36.5. The number of rotatable bonds is 21. The van der Waals surface area contributed by atoms with Crippen LogP contribution < -0.4 is 0 Å². The Bertz CT molecular complexity index is 576. The van der Waals surface area contributed by atoms with E-state index in [-0.39, 0.29) is 6.61 Å². The summed E-state index contributed by atoms with van der Waals surface area (Å²) < 4.78 is 4.50. The predicted molar refractivity (Wildman–Crippen MR) is 149 cm³/mol. The van der Waals surface area contributed by atoms with Crippen LogP contribution in [0, 0.1) is 0 Å². The van der Waals surface area contributed by atoms with E-state index in [0.29, 0.717) is 18.8 Å². The minimum absolute atomic E-state index is 0.184. The molecule has 0 amide bonds. The molecule has 210 valence electrons. The molecular weight excluding hydrogens is 456 g/mol. The summed E-state index contributed by atoms with van der Waals surface area (Å²) in [7, 11) is 0. The number of phenols is 1. The van der Waals surface area contributed by atoms with Gasteiger partial charge in [-0.05, 0) is 25.5 Å². The van der Waals surface area contributed by atoms with Crippen LogP contribution in [0.1, 0.15) is 129 Å². The maximum Gasteiger partial charge on any atom is 0.329 e. The highest BCUT2D eigenvalue weighted by molar-refractivity contribution is 5.68. The Morgan fingerprint density at radius 1 is 0.611 bits per heavy atom. The molecule has 0 fully saturated rings. The van der Waals surface area contributed by atoms with Crippen LogP contribution in [0.2, 0.25) is 0 Å². The molecule has 6 heteroatoms. The molecule has 0 aliphatic carbocycles. The molecule has 1 aromatic carbocycles. The summed E-state index contributed by atoms with van der Waals surface area (Å²) in [6.07, 6.45) is 23.1. The normalized spacial score (nSPS) is 10.1. The predicted octanol–water partition coefficient (Wildman–Crippen LogP) is 8.61. The first-order chi connectivity index (χ1) is 17.4. The number of carboxylic acid groups (broad SMARTS) is 2. The summed E-state index contributed by atoms with van der Waals surface area (Å²) in [5.41, 5.74) is 0. The van der Waals surface area contributed by atoms with Gasteiger partial charge in [0.2, 0.25) is 0 Å². The van der Waals surface area contributed by atoms with Crippen LogP contribution in [0.3, 0.4) is 0 Å². The lowest BCUT2D eigenvalue weighted by Crippen LogP contribution is -2.05. The molecule has 3 N–H and O–H groups in total. The number of hydrogen-bond acceptors (Lipinski definition) is 4. The molecule has 0 spiro atoms. The number of para-hydroxylation sites is 1. The van der Waals surface area contributed by atoms with E-state index in [9.17, 15) is 9.59 Å². The fourth-order valence-electron chi connectivity index (χ4n) is 3.62. The zero-order valence-corrected chi connectivity index (χ0v) is 23.1. The second kappa shape index (κ2) is 31.0. The van der Waals surface area contributed by atoms with E-state index in [2.05, 4.69) is 11.7 Å². The van der Waals surface area contributed by atoms with E-state index in [4.69, 9.17) is 15.3 Å². The Labute approximate surface area is 220 Å². The highest BCUT2D eigenvalue weighted by Gasteiger charge is 1.97. The third-order valence-electron chi connectivity index (χ3n) is 5.68. The minimum Gasteiger partial charge on any atom is -0.508 e. The molecule has 1 rings (SSSR count). The molecule has 0 aliphatic heterocycles. The van der Waals surface area contributed by atoms with Crippen LogP contribution in [0.15, 0.2) is 30.3 Å². The number of phenolic OH excluding ortho intramolecular Hbond substituents is 1. The fourth-order valence-corrected chi connectivity index (χ4v) is 3.62. The zero-order valence-electron chi connectivity index (χ0n) is 23.1. The minimum atomic E-state index is -0.915. The first-order valence-corrected chi connectivity index (χ1v) is 14.2. The number of ether oxygens (including phenoxy) is 1. The van der Waals surface area contributed by atoms with Gasteiger partial charge in [-0.1, -0.05) is 128 Å². The van der Waals surface area contributed by atoms with Gasteiger partial charge < -0.3 is 20.1 Å². The van der Waals surface area contributed by atoms with Crippen LogP contribution in [0.25, 0.3) is 0 Å². The van der Waals surface area contributed by atoms with Crippen molar-refractivity contribution in [1.29, 1.82) is 0 Å². The molecule has 0 radical (unpaired) electrons. The molecule has 0 atom stereocenters. The average Bonchev–Trinajstić information content (AvgIpc) is 2.85. The number of benzene rings is 1. The van der Waals surface area contributed by atoms with Crippen LogP contribution in [-0.4, -0.2) is 40.5 Å². The van der Waals surface area contributed by atoms with Gasteiger partial charge in [-0.15, -0.1) is 0 Å². The van der Waals surface area contributed by atoms with Gasteiger partial charge in [-0.2, -0.15) is 0 Å². The van der Waals surface area contributed by atoms with E-state index >= 15 is 0 Å². The molecular formula is C30H54O6. The summed E-state index contributed by atoms with van der Waals surface area (Å²) >= 11 is 0. The molecule has 0 bridgehead atoms. The van der Waals surface area contributed by atoms with Crippen molar-refractivity contribution in [2.24, 2.45) is 0 Å². The Kier molecular flexibility index (Phi) is 31.0. The van der Waals surface area contributed by atoms with Gasteiger partial charge in [-0.25, -0.2) is 4.79 Å². The van der Waals surface area contributed by atoms with Crippen molar-refractivity contribution in [3.63, 3.8) is 0 Å². The summed E-state index contributed by atoms with van der Waals surface area (Å²) in [5.74, 6) is -1.25. The Morgan fingerprint density at radius 3 is 1.25 bits per heavy atom. The molecule has 6 nitrogen and oxygen atoms in total. The number of aromatic hydroxyl groups is 1. The van der Waals surface area contributed by atoms with Gasteiger partial charge in [0.05, 0.1) is 0 Å². The second-order valence-electron chi connectivity index (χ2n) is 9.17. The zero-order chi connectivity index (χ0) is 27.1. The van der Waals surface area contributed by atoms with Crippen molar-refractivity contribution in [3.05, 3.63) is 30.3 Å². The number of carboxylic acids is 2. The van der Waals surface area contributed by atoms with E-state index in [0.717, 1.165) is 12.8 Å². The second-order valence-corrected chi connectivity index (χ2v) is 9.17. The molecule has 1 aromatic rings. The summed E-state index contributed by atoms with van der Waals surface area (Å²) in [6, 6.07) is 8.71. The molecule has 0 unspecified atom stereocenters. The SMILES string of the molecule is CCCCCCCCCCCCCCCCCCCC(=O)O.CCOCC(=O)O.Oc1ccccc1. The molecule has 0 aromatic heterocycles. The molecule has 0 saturated heterocycles. The summed E-state index contributed by atoms with van der Waals surface area (Å²) in [5, 5.41) is 25.1. The Balaban J connectivity index is 0. The first kappa shape index (κ1) is 36.1. The summed E-state index contributed by atoms with van der Waals surface area (Å²) in [4.78, 5) is 20.0. The highest BCUT2D eigenvalue weighted by Crippen LogP contribution is 2.14. The standard InChI is InChI=1S/C20H40O2.C6H6O.C4H8O3/c1-2-3-4-5-6-7-8-9-10-11-12-13-14-15-16-17-18-19-20(21)22;7-6-4-2-1-3-5-6;1-2-7-3-4(5)6/h2-19H2,1H3,(H,21,22);1-5,7H;2-3H2,1H3,(H,5,6). The van der Waals surface area contributed by atoms with Gasteiger partial charge in [0.25, 0.3) is 0 Å². The van der Waals surface area contributed by atoms with Crippen molar-refractivity contribution in [1.82, 2.24) is 0 Å². The third-order valence-corrected chi connectivity index (χ3v) is 5.68. The summed E-state index contributed by atoms with van der Waals surface area (Å²) in [6.45, 7) is 4.31. The fraction of sp³-hybridized carbons (Fsp3) is 0.733. The van der Waals surface area contributed by atoms with Crippen molar-refractivity contribution in [2.75, 3.05) is 13.2 Å². The highest BCUT2D eigenvalue weighted by atomic mass is 16.5. The Morgan fingerprint density at radius 2 is 1.00 bits per heavy atom. The quantitative estimate of drug-likeness (QED) is 0.143. The van der Waals surface area contributed by atoms with Gasteiger partial charge in [0.1, 0.15) is 12.4 Å². The van der Waals surface area contributed by atoms with Crippen LogP contribution in [0.5, 0.6) is 5.75 Å². The average molecular weight is 511 g/mol. The van der Waals surface area contributed by atoms with E-state index in [1.54, 1.807) is 31.2 Å². The lowest BCUT2D eigenvalue weighted by atomic mass is 10.0. The van der Waals surface area contributed by atoms with Crippen molar-refractivity contribution in [3.8, 4) is 5.75 Å². The van der Waals surface area contributed by atoms with Crippen LogP contribution >= 0.6 is 0 Å².